The fraction of sp³-hybridized carbons (Fsp3) is 0.615. The smallest absolute Gasteiger partial charge is 0.261 e. The Morgan fingerprint density at radius 3 is 2.75 bits per heavy atom. The maximum atomic E-state index is 6.19. The molecule has 0 aliphatic carbocycles. The van der Waals surface area contributed by atoms with Crippen molar-refractivity contribution in [1.82, 2.24) is 19.9 Å². The molecule has 0 spiro atoms. The first-order chi connectivity index (χ1) is 9.29. The summed E-state index contributed by atoms with van der Waals surface area (Å²) >= 11 is 0. The van der Waals surface area contributed by atoms with Gasteiger partial charge in [-0.25, -0.2) is 0 Å². The summed E-state index contributed by atoms with van der Waals surface area (Å²) in [7, 11) is 1.84. The van der Waals surface area contributed by atoms with Gasteiger partial charge in [-0.2, -0.15) is 10.1 Å². The second-order valence-corrected chi connectivity index (χ2v) is 5.50. The summed E-state index contributed by atoms with van der Waals surface area (Å²) in [6.45, 7) is 7.95. The average Bonchev–Trinajstić information content (AvgIpc) is 2.93. The fourth-order valence-corrected chi connectivity index (χ4v) is 1.78. The van der Waals surface area contributed by atoms with E-state index in [2.05, 4.69) is 15.2 Å². The van der Waals surface area contributed by atoms with Gasteiger partial charge in [-0.1, -0.05) is 5.16 Å². The van der Waals surface area contributed by atoms with Crippen LogP contribution in [-0.2, 0) is 17.3 Å². The minimum atomic E-state index is -0.790. The minimum absolute atomic E-state index is 0.102. The second kappa shape index (κ2) is 5.34. The van der Waals surface area contributed by atoms with E-state index in [9.17, 15) is 0 Å². The average molecular weight is 279 g/mol. The maximum absolute atomic E-state index is 6.19. The third-order valence-electron chi connectivity index (χ3n) is 2.90. The predicted molar refractivity (Wildman–Crippen MR) is 73.9 cm³/mol. The molecule has 1 atom stereocenters. The molecule has 0 radical (unpaired) electrons. The first-order valence-corrected chi connectivity index (χ1v) is 6.55. The SMILES string of the molecule is Cc1nn(C)cc1-c1nc(C(C)(N)COC(C)C)no1. The lowest BCUT2D eigenvalue weighted by atomic mass is 10.1. The van der Waals surface area contributed by atoms with Crippen LogP contribution in [0.2, 0.25) is 0 Å². The van der Waals surface area contributed by atoms with Gasteiger partial charge >= 0.3 is 0 Å². The van der Waals surface area contributed by atoms with E-state index in [1.165, 1.54) is 0 Å². The molecule has 0 bridgehead atoms. The molecule has 2 rings (SSSR count). The highest BCUT2D eigenvalue weighted by atomic mass is 16.5. The van der Waals surface area contributed by atoms with Crippen LogP contribution in [-0.4, -0.2) is 32.6 Å². The zero-order valence-corrected chi connectivity index (χ0v) is 12.5. The topological polar surface area (TPSA) is 92.0 Å². The Bertz CT molecular complexity index is 585. The molecule has 2 aromatic heterocycles. The quantitative estimate of drug-likeness (QED) is 0.888. The van der Waals surface area contributed by atoms with Crippen molar-refractivity contribution in [2.24, 2.45) is 12.8 Å². The Hall–Kier alpha value is -1.73. The van der Waals surface area contributed by atoms with E-state index >= 15 is 0 Å². The molecule has 0 aliphatic heterocycles. The zero-order chi connectivity index (χ0) is 14.9. The third kappa shape index (κ3) is 3.05. The molecular formula is C13H21N5O2. The van der Waals surface area contributed by atoms with Gasteiger partial charge in [-0.05, 0) is 27.7 Å². The highest BCUT2D eigenvalue weighted by Gasteiger charge is 2.29. The van der Waals surface area contributed by atoms with Gasteiger partial charge in [-0.15, -0.1) is 0 Å². The van der Waals surface area contributed by atoms with Crippen LogP contribution in [0.25, 0.3) is 11.5 Å². The summed E-state index contributed by atoms with van der Waals surface area (Å²) in [5.74, 6) is 0.850. The lowest BCUT2D eigenvalue weighted by Crippen LogP contribution is -2.40. The number of rotatable bonds is 5. The molecule has 110 valence electrons. The van der Waals surface area contributed by atoms with Crippen LogP contribution < -0.4 is 5.73 Å². The molecule has 20 heavy (non-hydrogen) atoms. The fourth-order valence-electron chi connectivity index (χ4n) is 1.78. The molecule has 7 nitrogen and oxygen atoms in total. The number of ether oxygens (including phenoxy) is 1. The summed E-state index contributed by atoms with van der Waals surface area (Å²) in [4.78, 5) is 4.37. The Morgan fingerprint density at radius 2 is 2.20 bits per heavy atom. The van der Waals surface area contributed by atoms with Crippen LogP contribution >= 0.6 is 0 Å². The lowest BCUT2D eigenvalue weighted by Gasteiger charge is -2.21. The largest absolute Gasteiger partial charge is 0.376 e. The molecule has 0 fully saturated rings. The molecule has 0 saturated carbocycles. The highest BCUT2D eigenvalue weighted by Crippen LogP contribution is 2.23. The van der Waals surface area contributed by atoms with E-state index in [0.717, 1.165) is 11.3 Å². The van der Waals surface area contributed by atoms with Crippen molar-refractivity contribution in [3.8, 4) is 11.5 Å². The van der Waals surface area contributed by atoms with Crippen LogP contribution in [0, 0.1) is 6.92 Å². The summed E-state index contributed by atoms with van der Waals surface area (Å²) in [5.41, 5.74) is 7.05. The normalized spacial score (nSPS) is 14.8. The van der Waals surface area contributed by atoms with Crippen LogP contribution in [0.1, 0.15) is 32.3 Å². The Labute approximate surface area is 118 Å². The summed E-state index contributed by atoms with van der Waals surface area (Å²) in [6.07, 6.45) is 1.94. The lowest BCUT2D eigenvalue weighted by molar-refractivity contribution is 0.0410. The Kier molecular flexibility index (Phi) is 3.92. The number of nitrogens with two attached hydrogens (primary N) is 1. The van der Waals surface area contributed by atoms with Gasteiger partial charge in [0.15, 0.2) is 5.82 Å². The van der Waals surface area contributed by atoms with Crippen molar-refractivity contribution in [2.45, 2.75) is 39.3 Å². The molecule has 0 amide bonds. The van der Waals surface area contributed by atoms with Crippen LogP contribution in [0.15, 0.2) is 10.7 Å². The van der Waals surface area contributed by atoms with Crippen LogP contribution in [0.4, 0.5) is 0 Å². The maximum Gasteiger partial charge on any atom is 0.261 e. The molecule has 0 saturated heterocycles. The van der Waals surface area contributed by atoms with Crippen molar-refractivity contribution in [3.63, 3.8) is 0 Å². The van der Waals surface area contributed by atoms with E-state index < -0.39 is 5.54 Å². The summed E-state index contributed by atoms with van der Waals surface area (Å²) in [6, 6.07) is 0. The molecule has 2 heterocycles. The van der Waals surface area contributed by atoms with Gasteiger partial charge in [0.25, 0.3) is 5.89 Å². The molecule has 0 aliphatic rings. The number of nitrogens with zero attached hydrogens (tertiary/aromatic N) is 4. The number of hydrogen-bond acceptors (Lipinski definition) is 6. The first kappa shape index (κ1) is 14.7. The van der Waals surface area contributed by atoms with Crippen molar-refractivity contribution >= 4 is 0 Å². The van der Waals surface area contributed by atoms with Crippen LogP contribution in [0.5, 0.6) is 0 Å². The van der Waals surface area contributed by atoms with E-state index in [1.807, 2.05) is 40.9 Å². The standard InChI is InChI=1S/C13H21N5O2/c1-8(2)19-7-13(4,14)12-15-11(20-17-12)10-6-18(5)16-9(10)3/h6,8H,7,14H2,1-5H3. The Morgan fingerprint density at radius 1 is 1.50 bits per heavy atom. The Balaban J connectivity index is 2.22. The minimum Gasteiger partial charge on any atom is -0.376 e. The van der Waals surface area contributed by atoms with Gasteiger partial charge < -0.3 is 15.0 Å². The van der Waals surface area contributed by atoms with E-state index in [4.69, 9.17) is 15.0 Å². The summed E-state index contributed by atoms with van der Waals surface area (Å²) < 4.78 is 12.5. The zero-order valence-electron chi connectivity index (χ0n) is 12.5. The van der Waals surface area contributed by atoms with Gasteiger partial charge in [0, 0.05) is 13.2 Å². The number of hydrogen-bond donors (Lipinski definition) is 1. The van der Waals surface area contributed by atoms with E-state index in [1.54, 1.807) is 4.68 Å². The molecule has 1 unspecified atom stereocenters. The van der Waals surface area contributed by atoms with Crippen molar-refractivity contribution < 1.29 is 9.26 Å². The van der Waals surface area contributed by atoms with Gasteiger partial charge in [0.05, 0.1) is 24.0 Å². The van der Waals surface area contributed by atoms with Crippen molar-refractivity contribution in [3.05, 3.63) is 17.7 Å². The van der Waals surface area contributed by atoms with E-state index in [-0.39, 0.29) is 6.10 Å². The first-order valence-electron chi connectivity index (χ1n) is 6.55. The van der Waals surface area contributed by atoms with Crippen LogP contribution in [0.3, 0.4) is 0 Å². The number of aryl methyl sites for hydroxylation is 2. The molecule has 2 aromatic rings. The molecule has 7 heteroatoms. The highest BCUT2D eigenvalue weighted by molar-refractivity contribution is 5.54. The van der Waals surface area contributed by atoms with E-state index in [0.29, 0.717) is 18.3 Å². The molecular weight excluding hydrogens is 258 g/mol. The van der Waals surface area contributed by atoms with Crippen molar-refractivity contribution in [1.29, 1.82) is 0 Å². The number of aromatic nitrogens is 4. The third-order valence-corrected chi connectivity index (χ3v) is 2.90. The summed E-state index contributed by atoms with van der Waals surface area (Å²) in [5, 5.41) is 8.22. The van der Waals surface area contributed by atoms with Gasteiger partial charge in [0.2, 0.25) is 0 Å². The molecule has 2 N–H and O–H groups in total. The molecule has 0 aromatic carbocycles. The van der Waals surface area contributed by atoms with Crippen molar-refractivity contribution in [2.75, 3.05) is 6.61 Å². The monoisotopic (exact) mass is 279 g/mol. The van der Waals surface area contributed by atoms with Gasteiger partial charge in [0.1, 0.15) is 5.54 Å². The predicted octanol–water partition coefficient (Wildman–Crippen LogP) is 1.38. The second-order valence-electron chi connectivity index (χ2n) is 5.50. The van der Waals surface area contributed by atoms with Gasteiger partial charge in [-0.3, -0.25) is 4.68 Å².